The number of piperidine rings is 1. The largest absolute Gasteiger partial charge is 0.478 e. The number of hydrogen-bond acceptors (Lipinski definition) is 3. The van der Waals surface area contributed by atoms with Gasteiger partial charge >= 0.3 is 5.97 Å². The number of nitrogens with zero attached hydrogens (tertiary/aromatic N) is 2. The van der Waals surface area contributed by atoms with Gasteiger partial charge in [-0.05, 0) is 55.5 Å². The molecule has 1 aliphatic heterocycles. The molecule has 1 amide bonds. The van der Waals surface area contributed by atoms with E-state index in [-0.39, 0.29) is 23.9 Å². The van der Waals surface area contributed by atoms with Crippen LogP contribution in [0.25, 0.3) is 0 Å². The molecule has 1 saturated heterocycles. The molecule has 0 spiro atoms. The van der Waals surface area contributed by atoms with Crippen molar-refractivity contribution in [3.8, 4) is 0 Å². The van der Waals surface area contributed by atoms with Crippen molar-refractivity contribution in [2.45, 2.75) is 38.6 Å². The Labute approximate surface area is 166 Å². The number of carboxylic acid groups (broad SMARTS) is 1. The summed E-state index contributed by atoms with van der Waals surface area (Å²) in [6.07, 6.45) is 3.97. The van der Waals surface area contributed by atoms with Gasteiger partial charge in [0.2, 0.25) is 5.91 Å². The van der Waals surface area contributed by atoms with E-state index in [1.54, 1.807) is 29.2 Å². The van der Waals surface area contributed by atoms with Crippen LogP contribution in [0.1, 0.15) is 53.7 Å². The number of amides is 1. The molecule has 3 rings (SSSR count). The van der Waals surface area contributed by atoms with E-state index in [0.717, 1.165) is 18.7 Å². The Morgan fingerprint density at radius 3 is 2.32 bits per heavy atom. The first-order chi connectivity index (χ1) is 13.5. The van der Waals surface area contributed by atoms with Gasteiger partial charge in [-0.2, -0.15) is 0 Å². The van der Waals surface area contributed by atoms with E-state index in [9.17, 15) is 9.59 Å². The van der Waals surface area contributed by atoms with Crippen molar-refractivity contribution in [1.82, 2.24) is 4.90 Å². The lowest BCUT2D eigenvalue weighted by atomic mass is 10.0. The third kappa shape index (κ3) is 4.53. The highest BCUT2D eigenvalue weighted by Gasteiger charge is 2.22. The Morgan fingerprint density at radius 2 is 1.68 bits per heavy atom. The van der Waals surface area contributed by atoms with Crippen molar-refractivity contribution in [2.24, 2.45) is 0 Å². The van der Waals surface area contributed by atoms with Gasteiger partial charge in [0, 0.05) is 25.8 Å². The molecule has 1 aliphatic rings. The fraction of sp³-hybridized carbons (Fsp3) is 0.391. The quantitative estimate of drug-likeness (QED) is 0.818. The smallest absolute Gasteiger partial charge is 0.335 e. The molecule has 0 bridgehead atoms. The van der Waals surface area contributed by atoms with Gasteiger partial charge in [0.05, 0.1) is 18.0 Å². The maximum atomic E-state index is 12.8. The third-order valence-electron chi connectivity index (χ3n) is 5.61. The molecule has 0 aliphatic carbocycles. The van der Waals surface area contributed by atoms with Gasteiger partial charge in [-0.25, -0.2) is 4.79 Å². The summed E-state index contributed by atoms with van der Waals surface area (Å²) in [6.45, 7) is 4.20. The first-order valence-corrected chi connectivity index (χ1v) is 9.89. The molecule has 0 radical (unpaired) electrons. The first-order valence-electron chi connectivity index (χ1n) is 9.89. The van der Waals surface area contributed by atoms with Crippen molar-refractivity contribution in [2.75, 3.05) is 25.0 Å². The van der Waals surface area contributed by atoms with Crippen LogP contribution in [0.4, 0.5) is 5.69 Å². The van der Waals surface area contributed by atoms with E-state index in [4.69, 9.17) is 5.11 Å². The summed E-state index contributed by atoms with van der Waals surface area (Å²) in [7, 11) is 1.84. The molecule has 5 heteroatoms. The minimum absolute atomic E-state index is 0.0176. The molecule has 1 fully saturated rings. The molecule has 148 valence electrons. The van der Waals surface area contributed by atoms with Crippen LogP contribution in [0.2, 0.25) is 0 Å². The number of likely N-dealkylation sites (N-methyl/N-ethyl adjacent to an activating group) is 1. The van der Waals surface area contributed by atoms with Crippen molar-refractivity contribution < 1.29 is 14.7 Å². The Kier molecular flexibility index (Phi) is 6.34. The summed E-state index contributed by atoms with van der Waals surface area (Å²) in [5.74, 6) is -0.943. The number of hydrogen-bond donors (Lipinski definition) is 1. The van der Waals surface area contributed by atoms with Gasteiger partial charge in [0.1, 0.15) is 0 Å². The zero-order valence-electron chi connectivity index (χ0n) is 16.6. The van der Waals surface area contributed by atoms with Crippen LogP contribution < -0.4 is 4.90 Å². The highest BCUT2D eigenvalue weighted by Crippen LogP contribution is 2.31. The van der Waals surface area contributed by atoms with E-state index in [1.807, 2.05) is 13.1 Å². The van der Waals surface area contributed by atoms with Crippen LogP contribution in [0, 0.1) is 0 Å². The molecule has 5 nitrogen and oxygen atoms in total. The minimum Gasteiger partial charge on any atom is -0.478 e. The topological polar surface area (TPSA) is 60.9 Å². The second-order valence-electron chi connectivity index (χ2n) is 7.47. The minimum atomic E-state index is -0.960. The van der Waals surface area contributed by atoms with E-state index in [0.29, 0.717) is 0 Å². The van der Waals surface area contributed by atoms with Crippen LogP contribution in [0.3, 0.4) is 0 Å². The van der Waals surface area contributed by atoms with E-state index < -0.39 is 5.97 Å². The number of para-hydroxylation sites is 1. The summed E-state index contributed by atoms with van der Waals surface area (Å²) in [6, 6.07) is 14.8. The molecule has 0 aromatic heterocycles. The number of carboxylic acids is 1. The maximum Gasteiger partial charge on any atom is 0.335 e. The normalized spacial score (nSPS) is 15.1. The van der Waals surface area contributed by atoms with Gasteiger partial charge in [-0.15, -0.1) is 0 Å². The Morgan fingerprint density at radius 1 is 1.04 bits per heavy atom. The standard InChI is InChI=1S/C23H28N2O3/c1-17(20-8-4-5-9-21(20)25-14-6-3-7-15-25)24(2)22(26)16-18-10-12-19(13-11-18)23(27)28/h4-5,8-13,17H,3,6-7,14-16H2,1-2H3,(H,27,28). The Balaban J connectivity index is 1.72. The lowest BCUT2D eigenvalue weighted by Gasteiger charge is -2.34. The Bertz CT molecular complexity index is 826. The number of aromatic carboxylic acids is 1. The average molecular weight is 380 g/mol. The van der Waals surface area contributed by atoms with Crippen molar-refractivity contribution in [1.29, 1.82) is 0 Å². The molecule has 2 aromatic rings. The number of rotatable bonds is 6. The van der Waals surface area contributed by atoms with Crippen LogP contribution in [-0.2, 0) is 11.2 Å². The molecule has 2 aromatic carbocycles. The van der Waals surface area contributed by atoms with Crippen LogP contribution in [0.15, 0.2) is 48.5 Å². The molecule has 1 heterocycles. The second-order valence-corrected chi connectivity index (χ2v) is 7.47. The molecule has 1 atom stereocenters. The predicted octanol–water partition coefficient (Wildman–Crippen LogP) is 4.14. The molecular weight excluding hydrogens is 352 g/mol. The van der Waals surface area contributed by atoms with Gasteiger partial charge < -0.3 is 14.9 Å². The summed E-state index contributed by atoms with van der Waals surface area (Å²) in [5.41, 5.74) is 3.44. The molecule has 1 unspecified atom stereocenters. The number of carbonyl (C=O) groups is 2. The second kappa shape index (κ2) is 8.91. The van der Waals surface area contributed by atoms with Crippen molar-refractivity contribution in [3.63, 3.8) is 0 Å². The van der Waals surface area contributed by atoms with E-state index >= 15 is 0 Å². The SMILES string of the molecule is CC(c1ccccc1N1CCCCC1)N(C)C(=O)Cc1ccc(C(=O)O)cc1. The van der Waals surface area contributed by atoms with Crippen molar-refractivity contribution in [3.05, 3.63) is 65.2 Å². The average Bonchev–Trinajstić information content (AvgIpc) is 2.73. The predicted molar refractivity (Wildman–Crippen MR) is 111 cm³/mol. The van der Waals surface area contributed by atoms with Crippen molar-refractivity contribution >= 4 is 17.6 Å². The highest BCUT2D eigenvalue weighted by atomic mass is 16.4. The highest BCUT2D eigenvalue weighted by molar-refractivity contribution is 5.87. The van der Waals surface area contributed by atoms with Gasteiger partial charge in [-0.3, -0.25) is 4.79 Å². The summed E-state index contributed by atoms with van der Waals surface area (Å²) >= 11 is 0. The van der Waals surface area contributed by atoms with Crippen LogP contribution in [-0.4, -0.2) is 42.0 Å². The van der Waals surface area contributed by atoms with Gasteiger partial charge in [0.25, 0.3) is 0 Å². The lowest BCUT2D eigenvalue weighted by molar-refractivity contribution is -0.131. The zero-order valence-corrected chi connectivity index (χ0v) is 16.6. The van der Waals surface area contributed by atoms with Gasteiger partial charge in [-0.1, -0.05) is 30.3 Å². The number of anilines is 1. The Hall–Kier alpha value is -2.82. The molecule has 28 heavy (non-hydrogen) atoms. The third-order valence-corrected chi connectivity index (χ3v) is 5.61. The molecule has 0 saturated carbocycles. The number of benzene rings is 2. The fourth-order valence-corrected chi connectivity index (χ4v) is 3.75. The summed E-state index contributed by atoms with van der Waals surface area (Å²) < 4.78 is 0. The lowest BCUT2D eigenvalue weighted by Crippen LogP contribution is -2.34. The first kappa shape index (κ1) is 19.9. The van der Waals surface area contributed by atoms with Gasteiger partial charge in [0.15, 0.2) is 0 Å². The van der Waals surface area contributed by atoms with E-state index in [1.165, 1.54) is 30.5 Å². The number of carbonyl (C=O) groups excluding carboxylic acids is 1. The van der Waals surface area contributed by atoms with E-state index in [2.05, 4.69) is 30.0 Å². The maximum absolute atomic E-state index is 12.8. The van der Waals surface area contributed by atoms with Crippen LogP contribution >= 0.6 is 0 Å². The molecule has 1 N–H and O–H groups in total. The summed E-state index contributed by atoms with van der Waals surface area (Å²) in [5, 5.41) is 9.00. The monoisotopic (exact) mass is 380 g/mol. The zero-order chi connectivity index (χ0) is 20.1. The fourth-order valence-electron chi connectivity index (χ4n) is 3.75. The van der Waals surface area contributed by atoms with Crippen LogP contribution in [0.5, 0.6) is 0 Å². The molecular formula is C23H28N2O3. The summed E-state index contributed by atoms with van der Waals surface area (Å²) in [4.78, 5) is 28.0.